The van der Waals surface area contributed by atoms with Crippen LogP contribution < -0.4 is 0 Å². The van der Waals surface area contributed by atoms with Crippen LogP contribution in [0.4, 0.5) is 0 Å². The summed E-state index contributed by atoms with van der Waals surface area (Å²) in [6.07, 6.45) is 0. The molecule has 0 fully saturated rings. The van der Waals surface area contributed by atoms with Gasteiger partial charge in [-0.25, -0.2) is 4.98 Å². The van der Waals surface area contributed by atoms with E-state index in [4.69, 9.17) is 0 Å². The highest BCUT2D eigenvalue weighted by Gasteiger charge is 1.86. The van der Waals surface area contributed by atoms with Crippen molar-refractivity contribution in [2.45, 2.75) is 0 Å². The topological polar surface area (TPSA) is 41.6 Å². The maximum Gasteiger partial charge on any atom is 0.151 e. The van der Waals surface area contributed by atoms with Gasteiger partial charge in [0.05, 0.1) is 0 Å². The molecule has 1 N–H and O–H groups in total. The molecule has 7 heavy (non-hydrogen) atoms. The first kappa shape index (κ1) is 4.30. The maximum atomic E-state index is 3.72. The van der Waals surface area contributed by atoms with E-state index in [1.807, 2.05) is 0 Å². The molecule has 0 saturated carbocycles. The van der Waals surface area contributed by atoms with Crippen molar-refractivity contribution >= 4 is 0 Å². The Hall–Kier alpha value is -0.860. The molecule has 3 heteroatoms. The van der Waals surface area contributed by atoms with E-state index in [0.717, 1.165) is 0 Å². The molecule has 1 aromatic rings. The third kappa shape index (κ3) is 0.765. The van der Waals surface area contributed by atoms with Gasteiger partial charge < -0.3 is 0 Å². The summed E-state index contributed by atoms with van der Waals surface area (Å²) >= 11 is 0. The fourth-order valence-corrected chi connectivity index (χ4v) is 0.335. The summed E-state index contributed by atoms with van der Waals surface area (Å²) in [4.78, 5) is 3.72. The van der Waals surface area contributed by atoms with Crippen molar-refractivity contribution in [3.63, 3.8) is 0 Å². The molecule has 0 unspecified atom stereocenters. The van der Waals surface area contributed by atoms with Crippen molar-refractivity contribution < 1.29 is 0 Å². The molecule has 1 heterocycles. The van der Waals surface area contributed by atoms with E-state index in [9.17, 15) is 0 Å². The van der Waals surface area contributed by atoms with Crippen molar-refractivity contribution in [3.05, 3.63) is 25.5 Å². The van der Waals surface area contributed by atoms with E-state index in [0.29, 0.717) is 11.6 Å². The molecule has 0 aromatic carbocycles. The van der Waals surface area contributed by atoms with Crippen LogP contribution in [0.5, 0.6) is 0 Å². The van der Waals surface area contributed by atoms with E-state index >= 15 is 0 Å². The lowest BCUT2D eigenvalue weighted by molar-refractivity contribution is 1.05. The molecule has 2 radical (unpaired) electrons. The maximum absolute atomic E-state index is 3.72. The summed E-state index contributed by atoms with van der Waals surface area (Å²) in [7, 11) is 0. The molecular formula is C4H5N3. The number of rotatable bonds is 0. The van der Waals surface area contributed by atoms with E-state index in [2.05, 4.69) is 29.0 Å². The van der Waals surface area contributed by atoms with Crippen molar-refractivity contribution in [2.75, 3.05) is 0 Å². The normalized spacial score (nSPS) is 9.43. The van der Waals surface area contributed by atoms with E-state index in [-0.39, 0.29) is 0 Å². The summed E-state index contributed by atoms with van der Waals surface area (Å²) in [5.74, 6) is 1.05. The van der Waals surface area contributed by atoms with Gasteiger partial charge in [-0.2, -0.15) is 5.10 Å². The second-order valence-electron chi connectivity index (χ2n) is 1.20. The van der Waals surface area contributed by atoms with Crippen molar-refractivity contribution in [2.24, 2.45) is 0 Å². The Morgan fingerprint density at radius 3 is 2.29 bits per heavy atom. The number of hydrogen-bond acceptors (Lipinski definition) is 2. The fraction of sp³-hybridized carbons (Fsp3) is 0. The summed E-state index contributed by atoms with van der Waals surface area (Å²) in [5.41, 5.74) is 0. The molecule has 0 saturated heterocycles. The largest absolute Gasteiger partial charge is 0.263 e. The van der Waals surface area contributed by atoms with Crippen LogP contribution in [-0.4, -0.2) is 15.2 Å². The van der Waals surface area contributed by atoms with Crippen LogP contribution in [0.1, 0.15) is 11.6 Å². The molecule has 0 aliphatic rings. The van der Waals surface area contributed by atoms with Crippen molar-refractivity contribution in [3.8, 4) is 0 Å². The fourth-order valence-electron chi connectivity index (χ4n) is 0.335. The zero-order valence-corrected chi connectivity index (χ0v) is 3.81. The van der Waals surface area contributed by atoms with Crippen LogP contribution in [0.2, 0.25) is 0 Å². The van der Waals surface area contributed by atoms with Gasteiger partial charge in [-0.3, -0.25) is 5.10 Å². The third-order valence-electron chi connectivity index (χ3n) is 0.578. The molecule has 36 valence electrons. The third-order valence-corrected chi connectivity index (χ3v) is 0.578. The highest BCUT2D eigenvalue weighted by atomic mass is 15.2. The second kappa shape index (κ2) is 1.33. The molecule has 1 aromatic heterocycles. The SMILES string of the molecule is [CH2]c1n[nH]c([CH2])n1. The minimum absolute atomic E-state index is 0.491. The lowest BCUT2D eigenvalue weighted by Gasteiger charge is -1.67. The molecule has 3 nitrogen and oxygen atoms in total. The average Bonchev–Trinajstić information content (AvgIpc) is 1.87. The molecule has 0 bridgehead atoms. The molecule has 0 atom stereocenters. The molecule has 1 rings (SSSR count). The Bertz CT molecular complexity index is 139. The zero-order chi connectivity index (χ0) is 5.28. The van der Waals surface area contributed by atoms with Gasteiger partial charge in [0.25, 0.3) is 0 Å². The minimum atomic E-state index is 0.491. The molecule has 0 spiro atoms. The molecular weight excluding hydrogens is 90.1 g/mol. The first-order valence-corrected chi connectivity index (χ1v) is 1.85. The summed E-state index contributed by atoms with van der Waals surface area (Å²) in [5, 5.41) is 6.14. The molecule has 0 amide bonds. The predicted octanol–water partition coefficient (Wildman–Crippen LogP) is 0.169. The van der Waals surface area contributed by atoms with Gasteiger partial charge in [0.15, 0.2) is 5.82 Å². The highest BCUT2D eigenvalue weighted by Crippen LogP contribution is 1.83. The minimum Gasteiger partial charge on any atom is -0.263 e. The lowest BCUT2D eigenvalue weighted by atomic mass is 10.7. The van der Waals surface area contributed by atoms with Gasteiger partial charge in [0, 0.05) is 13.8 Å². The van der Waals surface area contributed by atoms with Gasteiger partial charge in [-0.1, -0.05) is 0 Å². The van der Waals surface area contributed by atoms with E-state index < -0.39 is 0 Å². The van der Waals surface area contributed by atoms with Crippen LogP contribution >= 0.6 is 0 Å². The molecule has 0 aliphatic heterocycles. The van der Waals surface area contributed by atoms with Crippen molar-refractivity contribution in [1.29, 1.82) is 0 Å². The summed E-state index contributed by atoms with van der Waals surface area (Å²) in [6, 6.07) is 0. The van der Waals surface area contributed by atoms with Crippen LogP contribution in [0.15, 0.2) is 0 Å². The van der Waals surface area contributed by atoms with Crippen LogP contribution in [-0.2, 0) is 0 Å². The van der Waals surface area contributed by atoms with Gasteiger partial charge in [0.2, 0.25) is 0 Å². The Morgan fingerprint density at radius 1 is 1.43 bits per heavy atom. The van der Waals surface area contributed by atoms with Gasteiger partial charge in [-0.05, 0) is 0 Å². The van der Waals surface area contributed by atoms with Gasteiger partial charge >= 0.3 is 0 Å². The Balaban J connectivity index is 3.04. The Kier molecular flexibility index (Phi) is 0.817. The predicted molar refractivity (Wildman–Crippen MR) is 25.3 cm³/mol. The van der Waals surface area contributed by atoms with Gasteiger partial charge in [-0.15, -0.1) is 0 Å². The lowest BCUT2D eigenvalue weighted by Crippen LogP contribution is -1.70. The molecule has 0 aliphatic carbocycles. The monoisotopic (exact) mass is 95.0 g/mol. The first-order chi connectivity index (χ1) is 3.29. The van der Waals surface area contributed by atoms with Crippen LogP contribution in [0, 0.1) is 13.8 Å². The summed E-state index contributed by atoms with van der Waals surface area (Å²) in [6.45, 7) is 6.92. The summed E-state index contributed by atoms with van der Waals surface area (Å²) < 4.78 is 0. The number of nitrogens with one attached hydrogen (secondary N) is 1. The van der Waals surface area contributed by atoms with Crippen molar-refractivity contribution in [1.82, 2.24) is 15.2 Å². The average molecular weight is 95.1 g/mol. The smallest absolute Gasteiger partial charge is 0.151 e. The van der Waals surface area contributed by atoms with Gasteiger partial charge in [0.1, 0.15) is 5.82 Å². The highest BCUT2D eigenvalue weighted by molar-refractivity contribution is 4.94. The number of nitrogens with zero attached hydrogens (tertiary/aromatic N) is 2. The van der Waals surface area contributed by atoms with Crippen LogP contribution in [0.25, 0.3) is 0 Å². The van der Waals surface area contributed by atoms with Crippen LogP contribution in [0.3, 0.4) is 0 Å². The van der Waals surface area contributed by atoms with E-state index in [1.54, 1.807) is 0 Å². The Labute approximate surface area is 41.8 Å². The number of H-pyrrole nitrogens is 1. The number of aromatic amines is 1. The number of hydrogen-bond donors (Lipinski definition) is 1. The standard InChI is InChI=1S/C4H5N3/c1-3-5-4(2)7-6-3/h1-2H2,(H,5,6,7). The quantitative estimate of drug-likeness (QED) is 0.499. The zero-order valence-electron chi connectivity index (χ0n) is 3.81. The first-order valence-electron chi connectivity index (χ1n) is 1.85. The second-order valence-corrected chi connectivity index (χ2v) is 1.20. The van der Waals surface area contributed by atoms with E-state index in [1.165, 1.54) is 0 Å². The number of aromatic nitrogens is 3. The Morgan fingerprint density at radius 2 is 2.14 bits per heavy atom.